The zero-order valence-electron chi connectivity index (χ0n) is 15.3. The summed E-state index contributed by atoms with van der Waals surface area (Å²) in [5.41, 5.74) is 0.552. The number of aliphatic carboxylic acids is 1. The largest absolute Gasteiger partial charge is 1.00 e. The number of hydrogen-bond acceptors (Lipinski definition) is 4. The molecule has 3 aliphatic rings. The number of fused-ring (bicyclic) bond motifs is 1. The van der Waals surface area contributed by atoms with E-state index in [4.69, 9.17) is 4.74 Å². The number of aryl methyl sites for hydroxylation is 1. The van der Waals surface area contributed by atoms with Gasteiger partial charge < -0.3 is 20.0 Å². The topological polar surface area (TPSA) is 78.5 Å². The van der Waals surface area contributed by atoms with E-state index in [0.717, 1.165) is 24.0 Å². The molecule has 26 heavy (non-hydrogen) atoms. The predicted molar refractivity (Wildman–Crippen MR) is 89.6 cm³/mol. The Morgan fingerprint density at radius 2 is 2.00 bits per heavy atom. The van der Waals surface area contributed by atoms with E-state index >= 15 is 0 Å². The van der Waals surface area contributed by atoms with Crippen molar-refractivity contribution in [2.75, 3.05) is 13.2 Å². The molecule has 134 valence electrons. The third-order valence-corrected chi connectivity index (χ3v) is 6.13. The van der Waals surface area contributed by atoms with Gasteiger partial charge in [-0.25, -0.2) is 0 Å². The van der Waals surface area contributed by atoms with Crippen LogP contribution in [0, 0.1) is 11.8 Å². The summed E-state index contributed by atoms with van der Waals surface area (Å²) in [6.07, 6.45) is 4.42. The van der Waals surface area contributed by atoms with E-state index in [9.17, 15) is 14.7 Å². The Kier molecular flexibility index (Phi) is 6.12. The van der Waals surface area contributed by atoms with Gasteiger partial charge >= 0.3 is 29.6 Å². The molecule has 3 atom stereocenters. The average Bonchev–Trinajstić information content (AvgIpc) is 3.34. The summed E-state index contributed by atoms with van der Waals surface area (Å²) in [6, 6.07) is 7.56. The molecule has 3 unspecified atom stereocenters. The molecule has 0 radical (unpaired) electrons. The summed E-state index contributed by atoms with van der Waals surface area (Å²) in [6.45, 7) is 1.23. The number of nitrogens with one attached hydrogen (secondary N) is 1. The first kappa shape index (κ1) is 19.9. The average molecular weight is 365 g/mol. The summed E-state index contributed by atoms with van der Waals surface area (Å²) < 4.78 is 5.55. The molecule has 1 amide bonds. The first-order valence-corrected chi connectivity index (χ1v) is 9.27. The van der Waals surface area contributed by atoms with Gasteiger partial charge in [0.05, 0.1) is 25.2 Å². The maximum absolute atomic E-state index is 12.7. The maximum atomic E-state index is 12.7. The minimum atomic E-state index is -1.21. The summed E-state index contributed by atoms with van der Waals surface area (Å²) in [5.74, 6) is -0.321. The van der Waals surface area contributed by atoms with Gasteiger partial charge in [0.15, 0.2) is 0 Å². The van der Waals surface area contributed by atoms with Crippen molar-refractivity contribution in [2.24, 2.45) is 11.8 Å². The fourth-order valence-electron chi connectivity index (χ4n) is 4.63. The molecule has 0 aromatic heterocycles. The van der Waals surface area contributed by atoms with Crippen LogP contribution in [0.2, 0.25) is 0 Å². The van der Waals surface area contributed by atoms with Crippen LogP contribution >= 0.6 is 0 Å². The molecule has 2 aliphatic carbocycles. The van der Waals surface area contributed by atoms with Crippen LogP contribution in [0.15, 0.2) is 24.3 Å². The van der Waals surface area contributed by atoms with E-state index < -0.39 is 11.4 Å². The van der Waals surface area contributed by atoms with Crippen LogP contribution in [0.4, 0.5) is 0 Å². The fraction of sp³-hybridized carbons (Fsp3) is 0.600. The van der Waals surface area contributed by atoms with Gasteiger partial charge in [0.1, 0.15) is 0 Å². The second-order valence-electron chi connectivity index (χ2n) is 7.77. The predicted octanol–water partition coefficient (Wildman–Crippen LogP) is -2.05. The van der Waals surface area contributed by atoms with E-state index in [1.54, 1.807) is 0 Å². The molecule has 1 aliphatic heterocycles. The number of amides is 1. The summed E-state index contributed by atoms with van der Waals surface area (Å²) in [7, 11) is 0. The molecule has 1 aromatic rings. The molecule has 2 fully saturated rings. The Bertz CT molecular complexity index is 690. The van der Waals surface area contributed by atoms with Crippen LogP contribution in [-0.2, 0) is 26.2 Å². The van der Waals surface area contributed by atoms with Crippen LogP contribution < -0.4 is 40.0 Å². The number of rotatable bonds is 5. The van der Waals surface area contributed by atoms with E-state index in [0.29, 0.717) is 31.5 Å². The molecular formula is C20H24NNaO4. The van der Waals surface area contributed by atoms with Gasteiger partial charge in [0.2, 0.25) is 5.91 Å². The second-order valence-corrected chi connectivity index (χ2v) is 7.77. The molecule has 1 saturated heterocycles. The Morgan fingerprint density at radius 1 is 1.23 bits per heavy atom. The Labute approximate surface area is 176 Å². The Hall–Kier alpha value is -0.880. The molecule has 1 saturated carbocycles. The first-order chi connectivity index (χ1) is 12.1. The van der Waals surface area contributed by atoms with Gasteiger partial charge in [0.25, 0.3) is 0 Å². The molecule has 0 bridgehead atoms. The molecule has 1 N–H and O–H groups in total. The standard InChI is InChI=1S/C20H25NO4.Na/c22-18(21-17-12-25-11-15(17)13-7-8-13)10-20(19(23)24)9-3-5-14-4-1-2-6-16(14)20;/h1-2,4,6,13,15,17H,3,5,7-12H2,(H,21,22)(H,23,24);/q;+1/p-1. The molecule has 0 spiro atoms. The van der Waals surface area contributed by atoms with Gasteiger partial charge in [-0.2, -0.15) is 0 Å². The van der Waals surface area contributed by atoms with Gasteiger partial charge in [-0.1, -0.05) is 24.3 Å². The quantitative estimate of drug-likeness (QED) is 0.609. The molecule has 6 heteroatoms. The van der Waals surface area contributed by atoms with Crippen molar-refractivity contribution >= 4 is 11.9 Å². The third kappa shape index (κ3) is 3.72. The van der Waals surface area contributed by atoms with Crippen molar-refractivity contribution in [1.82, 2.24) is 5.32 Å². The van der Waals surface area contributed by atoms with Crippen molar-refractivity contribution in [2.45, 2.75) is 50.0 Å². The van der Waals surface area contributed by atoms with E-state index in [1.807, 2.05) is 24.3 Å². The number of benzene rings is 1. The van der Waals surface area contributed by atoms with Gasteiger partial charge in [-0.3, -0.25) is 4.79 Å². The summed E-state index contributed by atoms with van der Waals surface area (Å²) in [4.78, 5) is 24.8. The number of carboxylic acid groups (broad SMARTS) is 1. The van der Waals surface area contributed by atoms with Crippen LogP contribution in [0.3, 0.4) is 0 Å². The van der Waals surface area contributed by atoms with Crippen LogP contribution in [0.5, 0.6) is 0 Å². The Balaban J connectivity index is 0.00000196. The number of hydrogen-bond donors (Lipinski definition) is 1. The molecule has 4 rings (SSSR count). The van der Waals surface area contributed by atoms with E-state index in [2.05, 4.69) is 5.32 Å². The van der Waals surface area contributed by atoms with Crippen molar-refractivity contribution in [3.05, 3.63) is 35.4 Å². The summed E-state index contributed by atoms with van der Waals surface area (Å²) >= 11 is 0. The van der Waals surface area contributed by atoms with Crippen molar-refractivity contribution in [3.8, 4) is 0 Å². The van der Waals surface area contributed by atoms with Crippen LogP contribution in [-0.4, -0.2) is 31.1 Å². The van der Waals surface area contributed by atoms with Crippen molar-refractivity contribution < 1.29 is 49.0 Å². The SMILES string of the molecule is O=C(CC1(C(=O)[O-])CCCc2ccccc21)NC1COCC1C1CC1.[Na+]. The zero-order valence-corrected chi connectivity index (χ0v) is 17.3. The number of carbonyl (C=O) groups is 2. The summed E-state index contributed by atoms with van der Waals surface area (Å²) in [5, 5.41) is 15.1. The fourth-order valence-corrected chi connectivity index (χ4v) is 4.63. The molecule has 5 nitrogen and oxygen atoms in total. The Morgan fingerprint density at radius 3 is 2.73 bits per heavy atom. The van der Waals surface area contributed by atoms with Gasteiger partial charge in [-0.15, -0.1) is 0 Å². The van der Waals surface area contributed by atoms with Crippen molar-refractivity contribution in [3.63, 3.8) is 0 Å². The molecular weight excluding hydrogens is 341 g/mol. The van der Waals surface area contributed by atoms with Gasteiger partial charge in [-0.05, 0) is 49.1 Å². The van der Waals surface area contributed by atoms with E-state index in [-0.39, 0.29) is 47.9 Å². The zero-order chi connectivity index (χ0) is 17.4. The minimum Gasteiger partial charge on any atom is -0.549 e. The normalized spacial score (nSPS) is 30.2. The third-order valence-electron chi connectivity index (χ3n) is 6.13. The maximum Gasteiger partial charge on any atom is 1.00 e. The van der Waals surface area contributed by atoms with Crippen molar-refractivity contribution in [1.29, 1.82) is 0 Å². The number of carboxylic acids is 1. The first-order valence-electron chi connectivity index (χ1n) is 9.27. The number of ether oxygens (including phenoxy) is 1. The van der Waals surface area contributed by atoms with E-state index in [1.165, 1.54) is 12.8 Å². The minimum absolute atomic E-state index is 0. The number of carbonyl (C=O) groups excluding carboxylic acids is 2. The monoisotopic (exact) mass is 365 g/mol. The molecule has 1 heterocycles. The smallest absolute Gasteiger partial charge is 0.549 e. The van der Waals surface area contributed by atoms with Crippen LogP contribution in [0.1, 0.15) is 43.2 Å². The second kappa shape index (κ2) is 8.01. The van der Waals surface area contributed by atoms with Crippen LogP contribution in [0.25, 0.3) is 0 Å². The van der Waals surface area contributed by atoms with Gasteiger partial charge in [0, 0.05) is 17.8 Å². The molecule has 1 aromatic carbocycles.